The quantitative estimate of drug-likeness (QED) is 0.0176. The number of aliphatic hydroxyl groups excluding tert-OH is 3. The van der Waals surface area contributed by atoms with Crippen LogP contribution < -0.4 is 0 Å². The van der Waals surface area contributed by atoms with E-state index >= 15 is 0 Å². The lowest BCUT2D eigenvalue weighted by Crippen LogP contribution is -2.29. The number of esters is 2. The Labute approximate surface area is 339 Å². The number of unbranched alkanes of at least 4 members (excludes halogenated alkanes) is 17. The van der Waals surface area contributed by atoms with Crippen LogP contribution in [-0.4, -0.2) is 74.7 Å². The molecule has 0 aromatic rings. The predicted molar refractivity (Wildman–Crippen MR) is 223 cm³/mol. The van der Waals surface area contributed by atoms with Gasteiger partial charge in [-0.25, -0.2) is 4.57 Å². The Morgan fingerprint density at radius 2 is 1.27 bits per heavy atom. The van der Waals surface area contributed by atoms with Crippen molar-refractivity contribution in [3.05, 3.63) is 24.3 Å². The molecular formula is C44H81O11P. The number of carbonyl (C=O) groups excluding carboxylic acids is 2. The van der Waals surface area contributed by atoms with Gasteiger partial charge >= 0.3 is 19.8 Å². The van der Waals surface area contributed by atoms with E-state index in [1.165, 1.54) is 77.0 Å². The van der Waals surface area contributed by atoms with E-state index in [9.17, 15) is 29.5 Å². The van der Waals surface area contributed by atoms with Gasteiger partial charge in [0, 0.05) is 25.2 Å². The summed E-state index contributed by atoms with van der Waals surface area (Å²) in [6.07, 6.45) is 30.0. The van der Waals surface area contributed by atoms with Crippen molar-refractivity contribution in [2.75, 3.05) is 13.2 Å². The van der Waals surface area contributed by atoms with Crippen molar-refractivity contribution >= 4 is 19.8 Å². The fourth-order valence-electron chi connectivity index (χ4n) is 7.32. The van der Waals surface area contributed by atoms with Gasteiger partial charge in [0.15, 0.2) is 6.10 Å². The Morgan fingerprint density at radius 3 is 1.84 bits per heavy atom. The Kier molecular flexibility index (Phi) is 31.1. The Morgan fingerprint density at radius 1 is 0.714 bits per heavy atom. The van der Waals surface area contributed by atoms with Gasteiger partial charge in [-0.1, -0.05) is 161 Å². The van der Waals surface area contributed by atoms with Crippen molar-refractivity contribution in [2.24, 2.45) is 17.8 Å². The fraction of sp³-hybridized carbons (Fsp3) is 0.864. The lowest BCUT2D eigenvalue weighted by molar-refractivity contribution is -0.161. The molecule has 12 heteroatoms. The van der Waals surface area contributed by atoms with Crippen LogP contribution in [0.1, 0.15) is 188 Å². The zero-order chi connectivity index (χ0) is 41.4. The van der Waals surface area contributed by atoms with Gasteiger partial charge in [0.2, 0.25) is 0 Å². The molecule has 328 valence electrons. The highest BCUT2D eigenvalue weighted by atomic mass is 31.2. The van der Waals surface area contributed by atoms with Gasteiger partial charge in [-0.15, -0.1) is 0 Å². The maximum atomic E-state index is 12.5. The van der Waals surface area contributed by atoms with Gasteiger partial charge in [-0.05, 0) is 43.9 Å². The average Bonchev–Trinajstić information content (AvgIpc) is 3.41. The number of hydrogen-bond acceptors (Lipinski definition) is 9. The monoisotopic (exact) mass is 817 g/mol. The smallest absolute Gasteiger partial charge is 0.462 e. The Bertz CT molecular complexity index is 1090. The molecule has 5 N–H and O–H groups in total. The summed E-state index contributed by atoms with van der Waals surface area (Å²) in [6.45, 7) is 5.74. The van der Waals surface area contributed by atoms with Crippen molar-refractivity contribution < 1.29 is 53.3 Å². The van der Waals surface area contributed by atoms with Gasteiger partial charge in [-0.2, -0.15) is 0 Å². The second-order valence-electron chi connectivity index (χ2n) is 16.5. The number of carbonyl (C=O) groups is 2. The molecule has 1 fully saturated rings. The van der Waals surface area contributed by atoms with Gasteiger partial charge in [-0.3, -0.25) is 14.1 Å². The number of aliphatic hydroxyl groups is 3. The van der Waals surface area contributed by atoms with Crippen molar-refractivity contribution in [1.82, 2.24) is 0 Å². The van der Waals surface area contributed by atoms with Gasteiger partial charge in [0.25, 0.3) is 0 Å². The number of rotatable bonds is 36. The van der Waals surface area contributed by atoms with E-state index in [0.29, 0.717) is 32.1 Å². The molecule has 6 atom stereocenters. The van der Waals surface area contributed by atoms with Gasteiger partial charge in [0.1, 0.15) is 6.61 Å². The van der Waals surface area contributed by atoms with Gasteiger partial charge < -0.3 is 34.6 Å². The molecule has 1 aliphatic carbocycles. The minimum Gasteiger partial charge on any atom is -0.462 e. The van der Waals surface area contributed by atoms with Crippen LogP contribution in [0.4, 0.5) is 0 Å². The SMILES string of the molecule is CCCCC[C@H](O)/C=C/[C@@H]1[C@@H](C/C=C/CCCC(=O)O[C@H](COC(=O)CCCCCCCCCCCCCCCCCC(C)C)COP(=O)(O)O)[C@@H](O)C[C@H]1O. The molecule has 0 radical (unpaired) electrons. The van der Waals surface area contributed by atoms with E-state index in [-0.39, 0.29) is 37.7 Å². The summed E-state index contributed by atoms with van der Waals surface area (Å²) in [5.74, 6) is -0.667. The van der Waals surface area contributed by atoms with E-state index in [1.807, 2.05) is 18.2 Å². The molecule has 0 amide bonds. The highest BCUT2D eigenvalue weighted by Gasteiger charge is 2.39. The first-order valence-corrected chi connectivity index (χ1v) is 23.8. The molecule has 0 unspecified atom stereocenters. The topological polar surface area (TPSA) is 180 Å². The summed E-state index contributed by atoms with van der Waals surface area (Å²) in [5, 5.41) is 31.2. The summed E-state index contributed by atoms with van der Waals surface area (Å²) in [7, 11) is -4.82. The van der Waals surface area contributed by atoms with Crippen molar-refractivity contribution in [3.63, 3.8) is 0 Å². The van der Waals surface area contributed by atoms with Crippen molar-refractivity contribution in [2.45, 2.75) is 212 Å². The third kappa shape index (κ3) is 29.6. The highest BCUT2D eigenvalue weighted by molar-refractivity contribution is 7.46. The molecule has 11 nitrogen and oxygen atoms in total. The third-order valence-corrected chi connectivity index (χ3v) is 11.2. The number of hydrogen-bond donors (Lipinski definition) is 5. The number of phosphoric ester groups is 1. The first-order valence-electron chi connectivity index (χ1n) is 22.2. The molecule has 0 spiro atoms. The van der Waals surface area contributed by atoms with Crippen LogP contribution in [0.15, 0.2) is 24.3 Å². The van der Waals surface area contributed by atoms with Crippen LogP contribution in [-0.2, 0) is 28.2 Å². The van der Waals surface area contributed by atoms with Crippen LogP contribution in [0.25, 0.3) is 0 Å². The van der Waals surface area contributed by atoms with Crippen LogP contribution in [0.5, 0.6) is 0 Å². The van der Waals surface area contributed by atoms with Crippen molar-refractivity contribution in [3.8, 4) is 0 Å². The largest absolute Gasteiger partial charge is 0.469 e. The molecule has 0 saturated heterocycles. The molecular weight excluding hydrogens is 735 g/mol. The summed E-state index contributed by atoms with van der Waals surface area (Å²) in [6, 6.07) is 0. The fourth-order valence-corrected chi connectivity index (χ4v) is 7.68. The molecule has 0 aromatic carbocycles. The summed E-state index contributed by atoms with van der Waals surface area (Å²) in [5.41, 5.74) is 0. The second kappa shape index (κ2) is 33.3. The standard InChI is InChI=1S/C44H81O11P/c1-4-5-21-27-37(45)31-32-40-39(41(46)33-42(40)47)28-23-19-20-25-30-44(49)55-38(35-54-56(50,51)52)34-53-43(48)29-24-18-16-14-12-10-8-6-7-9-11-13-15-17-22-26-36(2)3/h19,23,31-32,36-42,45-47H,4-18,20-22,24-30,33-35H2,1-3H3,(H2,50,51,52)/b23-19+,32-31+/t37-,38+,39+,40+,41-,42+/m0/s1. The van der Waals surface area contributed by atoms with Gasteiger partial charge in [0.05, 0.1) is 24.9 Å². The maximum Gasteiger partial charge on any atom is 0.469 e. The Balaban J connectivity index is 2.25. The zero-order valence-electron chi connectivity index (χ0n) is 35.3. The minimum absolute atomic E-state index is 0.0372. The molecule has 1 rings (SSSR count). The molecule has 0 aromatic heterocycles. The molecule has 0 bridgehead atoms. The molecule has 1 saturated carbocycles. The van der Waals surface area contributed by atoms with Crippen LogP contribution in [0.2, 0.25) is 0 Å². The second-order valence-corrected chi connectivity index (χ2v) is 17.7. The zero-order valence-corrected chi connectivity index (χ0v) is 36.2. The predicted octanol–water partition coefficient (Wildman–Crippen LogP) is 9.81. The lowest BCUT2D eigenvalue weighted by Gasteiger charge is -2.19. The minimum atomic E-state index is -4.82. The summed E-state index contributed by atoms with van der Waals surface area (Å²) < 4.78 is 26.4. The first kappa shape index (κ1) is 52.4. The third-order valence-electron chi connectivity index (χ3n) is 10.7. The number of ether oxygens (including phenoxy) is 2. The number of allylic oxidation sites excluding steroid dienone is 2. The maximum absolute atomic E-state index is 12.5. The summed E-state index contributed by atoms with van der Waals surface area (Å²) in [4.78, 5) is 43.1. The summed E-state index contributed by atoms with van der Waals surface area (Å²) >= 11 is 0. The Hall–Kier alpha value is -1.59. The lowest BCUT2D eigenvalue weighted by atomic mass is 9.89. The van der Waals surface area contributed by atoms with Crippen LogP contribution in [0.3, 0.4) is 0 Å². The normalized spacial score (nSPS) is 20.0. The van der Waals surface area contributed by atoms with Crippen LogP contribution in [0, 0.1) is 17.8 Å². The number of phosphoric acid groups is 1. The molecule has 1 aliphatic rings. The molecule has 56 heavy (non-hydrogen) atoms. The van der Waals surface area contributed by atoms with E-state index in [0.717, 1.165) is 44.4 Å². The van der Waals surface area contributed by atoms with E-state index in [4.69, 9.17) is 19.3 Å². The molecule has 0 aliphatic heterocycles. The van der Waals surface area contributed by atoms with E-state index < -0.39 is 50.8 Å². The van der Waals surface area contributed by atoms with Crippen LogP contribution >= 0.6 is 7.82 Å². The van der Waals surface area contributed by atoms with E-state index in [2.05, 4.69) is 25.3 Å². The first-order chi connectivity index (χ1) is 26.8. The highest BCUT2D eigenvalue weighted by Crippen LogP contribution is 2.37. The van der Waals surface area contributed by atoms with E-state index in [1.54, 1.807) is 6.08 Å². The molecule has 0 heterocycles. The average molecular weight is 817 g/mol. The van der Waals surface area contributed by atoms with Crippen molar-refractivity contribution in [1.29, 1.82) is 0 Å².